The zero-order valence-corrected chi connectivity index (χ0v) is 57.2. The quantitative estimate of drug-likeness (QED) is 0.0579. The summed E-state index contributed by atoms with van der Waals surface area (Å²) < 4.78 is 47.5. The normalized spacial score (nSPS) is 14.8. The summed E-state index contributed by atoms with van der Waals surface area (Å²) in [6.07, 6.45) is 31.5. The molecule has 0 spiro atoms. The third-order valence-electron chi connectivity index (χ3n) is 13.4. The average Bonchev–Trinajstić information content (AvgIpc) is 1.80. The van der Waals surface area contributed by atoms with E-state index in [-0.39, 0.29) is 75.7 Å². The van der Waals surface area contributed by atoms with Gasteiger partial charge in [-0.3, -0.25) is 9.13 Å². The van der Waals surface area contributed by atoms with Crippen LogP contribution in [-0.4, -0.2) is 65.2 Å². The molecule has 0 saturated heterocycles. The number of nitrogens with zero attached hydrogens (tertiary/aromatic N) is 7. The molecule has 2 aromatic carbocycles. The maximum Gasteiger partial charge on any atom is 2.00 e. The Balaban J connectivity index is 0.000000818. The van der Waals surface area contributed by atoms with Crippen LogP contribution in [0.3, 0.4) is 0 Å². The first-order chi connectivity index (χ1) is 40.4. The van der Waals surface area contributed by atoms with E-state index in [9.17, 15) is 9.13 Å². The Labute approximate surface area is 557 Å². The van der Waals surface area contributed by atoms with Crippen LogP contribution in [0.1, 0.15) is 77.5 Å². The molecule has 5 aliphatic rings. The molecule has 8 bridgehead atoms. The van der Waals surface area contributed by atoms with E-state index < -0.39 is 16.5 Å². The minimum atomic E-state index is -2.12. The Kier molecular flexibility index (Phi) is 36.4. The largest absolute Gasteiger partial charge is 2.00 e. The van der Waals surface area contributed by atoms with E-state index >= 15 is 0 Å². The molecule has 2 unspecified atom stereocenters. The fourth-order valence-electron chi connectivity index (χ4n) is 9.14. The van der Waals surface area contributed by atoms with Crippen LogP contribution in [-0.2, 0) is 69.7 Å². The third kappa shape index (κ3) is 22.7. The second-order valence-corrected chi connectivity index (χ2v) is 22.5. The Morgan fingerprint density at radius 3 is 1.32 bits per heavy atom. The molecular formula is C65H78CoGdN7O10P3+2. The smallest absolute Gasteiger partial charge is 0.677 e. The van der Waals surface area contributed by atoms with Gasteiger partial charge in [0.2, 0.25) is 0 Å². The van der Waals surface area contributed by atoms with Crippen LogP contribution in [0.15, 0.2) is 192 Å². The second kappa shape index (κ2) is 40.8. The number of rotatable bonds is 9. The summed E-state index contributed by atoms with van der Waals surface area (Å²) in [5, 5.41) is 7.19. The summed E-state index contributed by atoms with van der Waals surface area (Å²) in [7, 11) is 9.55. The van der Waals surface area contributed by atoms with Crippen LogP contribution in [0.25, 0.3) is 27.6 Å². The van der Waals surface area contributed by atoms with Gasteiger partial charge in [-0.05, 0) is 113 Å². The topological polar surface area (TPSA) is 210 Å². The minimum Gasteiger partial charge on any atom is -0.677 e. The molecule has 87 heavy (non-hydrogen) atoms. The van der Waals surface area contributed by atoms with Gasteiger partial charge in [0, 0.05) is 119 Å². The van der Waals surface area contributed by atoms with Crippen molar-refractivity contribution in [2.75, 3.05) is 42.2 Å². The number of aryl methyl sites for hydroxylation is 4. The van der Waals surface area contributed by atoms with E-state index in [2.05, 4.69) is 211 Å². The van der Waals surface area contributed by atoms with Crippen molar-refractivity contribution in [1.29, 1.82) is 0 Å². The Morgan fingerprint density at radius 2 is 0.920 bits per heavy atom. The summed E-state index contributed by atoms with van der Waals surface area (Å²) in [5.74, 6) is 6.67. The van der Waals surface area contributed by atoms with Crippen LogP contribution in [0.2, 0.25) is 0 Å². The van der Waals surface area contributed by atoms with E-state index in [4.69, 9.17) is 30.2 Å². The first kappa shape index (κ1) is 77.5. The zero-order valence-electron chi connectivity index (χ0n) is 50.9. The maximum absolute atomic E-state index is 9.92. The van der Waals surface area contributed by atoms with Gasteiger partial charge < -0.3 is 45.8 Å². The molecule has 22 heteroatoms. The minimum absolute atomic E-state index is 0. The van der Waals surface area contributed by atoms with E-state index in [0.717, 1.165) is 101 Å². The summed E-state index contributed by atoms with van der Waals surface area (Å²) in [4.78, 5) is 30.3. The summed E-state index contributed by atoms with van der Waals surface area (Å²) in [5.41, 5.74) is 15.7. The molecule has 0 amide bonds. The molecule has 4 aliphatic heterocycles. The number of hydrogen-bond donors (Lipinski definition) is 0. The molecule has 1 radical (unpaired) electrons. The third-order valence-corrected chi connectivity index (χ3v) is 15.2. The van der Waals surface area contributed by atoms with Crippen LogP contribution in [0.5, 0.6) is 0 Å². The molecule has 4 aromatic heterocycles. The summed E-state index contributed by atoms with van der Waals surface area (Å²) in [6, 6.07) is 33.7. The van der Waals surface area contributed by atoms with Crippen molar-refractivity contribution in [3.63, 3.8) is 0 Å². The zero-order chi connectivity index (χ0) is 59.7. The fraction of sp³-hybridized carbons (Fsp3) is 0.262. The Hall–Kier alpha value is -5.61. The van der Waals surface area contributed by atoms with Gasteiger partial charge >= 0.3 is 56.5 Å². The van der Waals surface area contributed by atoms with Crippen LogP contribution in [0, 0.1) is 76.1 Å². The van der Waals surface area contributed by atoms with Gasteiger partial charge in [0.25, 0.3) is 0 Å². The predicted molar refractivity (Wildman–Crippen MR) is 344 cm³/mol. The molecule has 11 rings (SSSR count). The molecule has 17 nitrogen and oxygen atoms in total. The van der Waals surface area contributed by atoms with E-state index in [0.29, 0.717) is 8.81 Å². The van der Waals surface area contributed by atoms with Crippen molar-refractivity contribution in [3.8, 4) is 11.8 Å². The molecule has 8 heterocycles. The molecule has 6 aromatic rings. The van der Waals surface area contributed by atoms with Gasteiger partial charge in [0.05, 0.1) is 22.8 Å². The molecule has 2 N–H and O–H groups in total. The van der Waals surface area contributed by atoms with Gasteiger partial charge in [-0.2, -0.15) is 0 Å². The van der Waals surface area contributed by atoms with E-state index in [1.807, 2.05) is 36.9 Å². The molecule has 1 fully saturated rings. The summed E-state index contributed by atoms with van der Waals surface area (Å²) in [6.45, 7) is 4.07. The first-order valence-electron chi connectivity index (χ1n) is 26.9. The molecule has 1 saturated carbocycles. The maximum atomic E-state index is 9.92. The number of allylic oxidation sites excluding steroid dienone is 5. The Morgan fingerprint density at radius 1 is 0.552 bits per heavy atom. The molecule has 463 valence electrons. The number of pyridine rings is 3. The van der Waals surface area contributed by atoms with Gasteiger partial charge in [-0.1, -0.05) is 98.0 Å². The molecule has 2 atom stereocenters. The van der Waals surface area contributed by atoms with Crippen LogP contribution in [0.4, 0.5) is 0 Å². The van der Waals surface area contributed by atoms with Gasteiger partial charge in [0.15, 0.2) is 37.2 Å². The fourth-order valence-corrected chi connectivity index (χ4v) is 9.47. The van der Waals surface area contributed by atoms with Crippen molar-refractivity contribution in [2.45, 2.75) is 51.5 Å². The first-order valence-corrected chi connectivity index (χ1v) is 30.7. The number of benzene rings is 2. The van der Waals surface area contributed by atoms with Crippen LogP contribution >= 0.6 is 25.3 Å². The molecule has 1 aliphatic carbocycles. The van der Waals surface area contributed by atoms with Gasteiger partial charge in [0.1, 0.15) is 21.1 Å². The van der Waals surface area contributed by atoms with Crippen molar-refractivity contribution >= 4 is 59.0 Å². The van der Waals surface area contributed by atoms with Crippen molar-refractivity contribution < 1.29 is 108 Å². The number of fused-ring (bicyclic) bond motifs is 6. The second-order valence-electron chi connectivity index (χ2n) is 19.1. The van der Waals surface area contributed by atoms with Crippen molar-refractivity contribution in [1.82, 2.24) is 4.98 Å². The number of hydrogen-bond acceptors (Lipinski definition) is 11. The standard InChI is InChI=1S/C53H42N7.C5H10.2C2H7O3P.C2H7OP.CH3.Co.Gd.O2.H2O/c1-35-5-7-36(8-6-35)9-10-37-11-13-38(14-12-37)50-42-15-17-44(54-42)51(39-23-29-58(2)30-24-39)46-19-21-48(56-46)53(41-27-33-60(4)34-28-41)49-22-20-47(57-49)52(45-18-16-43(50)55-45)40-25-31-59(3)32-26-40;1-2-4-5-3-1;2*1-4-6(3)5-2;1-3-4-2;;;;1-2;/h5-8,11-21,23-34,49H,22H2,1-4H3;1-5H2;2*6H,1-2H3;4H,1-2H3;1H3;;;;1H2/q+1;;;;;-1;;+2;;. The van der Waals surface area contributed by atoms with E-state index in [1.54, 1.807) is 7.11 Å². The average molecular weight is 1430 g/mol. The van der Waals surface area contributed by atoms with E-state index in [1.165, 1.54) is 66.1 Å². The van der Waals surface area contributed by atoms with Gasteiger partial charge in [-0.25, -0.2) is 23.7 Å². The SMILES string of the molecule is C1CCCC1.COPC.CO[PH](=O)OC.CO[PH](=O)OC.Cc1ccc(C#Cc2ccc(C3=c4ccc([n-]4)=C(c4cc[n+](C)cc4)C4=NC(=C(c5cc[n+](C)cc5)C5CC=C([N-]5)C(c5cc[n+](C)cc5)=C5C=CC3=N5)C=C4)cc2)cc1.O.O=O.[CH3-].[Co].[Gd+2]. The summed E-state index contributed by atoms with van der Waals surface area (Å²) >= 11 is 0. The van der Waals surface area contributed by atoms with Crippen molar-refractivity contribution in [3.05, 3.63) is 254 Å². The molecular weight excluding hydrogens is 1350 g/mol. The Bertz CT molecular complexity index is 3590. The van der Waals surface area contributed by atoms with Crippen LogP contribution < -0.4 is 29.4 Å². The number of aliphatic imine (C=N–C) groups is 2. The number of aromatic nitrogens is 4. The van der Waals surface area contributed by atoms with Gasteiger partial charge in [-0.15, -0.1) is 16.4 Å². The monoisotopic (exact) mass is 1430 g/mol. The predicted octanol–water partition coefficient (Wildman–Crippen LogP) is 9.95. The van der Waals surface area contributed by atoms with Crippen molar-refractivity contribution in [2.24, 2.45) is 31.1 Å².